The number of benzene rings is 1. The minimum absolute atomic E-state index is 0.269. The summed E-state index contributed by atoms with van der Waals surface area (Å²) in [6, 6.07) is 9.61. The second-order valence-electron chi connectivity index (χ2n) is 5.66. The van der Waals surface area contributed by atoms with Crippen LogP contribution in [0.15, 0.2) is 41.0 Å². The third kappa shape index (κ3) is 5.82. The highest BCUT2D eigenvalue weighted by atomic mass is 79.9. The molecular weight excluding hydrogens is 392 g/mol. The fraction of sp³-hybridized carbons (Fsp3) is 0.286. The molecule has 0 aliphatic rings. The quantitative estimate of drug-likeness (QED) is 0.651. The van der Waals surface area contributed by atoms with Gasteiger partial charge in [-0.15, -0.1) is 0 Å². The lowest BCUT2D eigenvalue weighted by atomic mass is 10.2. The van der Waals surface area contributed by atoms with E-state index in [4.69, 9.17) is 9.47 Å². The number of hydrogen-bond donors (Lipinski definition) is 0. The summed E-state index contributed by atoms with van der Waals surface area (Å²) in [5.41, 5.74) is 2.87. The summed E-state index contributed by atoms with van der Waals surface area (Å²) in [6.07, 6.45) is 4.08. The van der Waals surface area contributed by atoms with Crippen LogP contribution in [0.25, 0.3) is 6.08 Å². The molecule has 26 heavy (non-hydrogen) atoms. The van der Waals surface area contributed by atoms with Crippen LogP contribution in [0, 0.1) is 18.8 Å². The molecule has 0 unspecified atom stereocenters. The highest BCUT2D eigenvalue weighted by molar-refractivity contribution is 9.10. The van der Waals surface area contributed by atoms with Gasteiger partial charge in [0.2, 0.25) is 5.88 Å². The number of hydrogen-bond acceptors (Lipinski definition) is 4. The Hall–Kier alpha value is -2.45. The van der Waals surface area contributed by atoms with Gasteiger partial charge in [0, 0.05) is 24.8 Å². The molecule has 0 fully saturated rings. The molecular formula is C21H23BrN2O2. The average molecular weight is 415 g/mol. The van der Waals surface area contributed by atoms with E-state index in [2.05, 4.69) is 44.6 Å². The summed E-state index contributed by atoms with van der Waals surface area (Å²) in [5, 5.41) is 0. The molecule has 0 atom stereocenters. The van der Waals surface area contributed by atoms with Gasteiger partial charge in [-0.25, -0.2) is 4.98 Å². The zero-order valence-electron chi connectivity index (χ0n) is 15.5. The Morgan fingerprint density at radius 3 is 2.65 bits per heavy atom. The number of ether oxygens (including phenoxy) is 2. The van der Waals surface area contributed by atoms with E-state index in [9.17, 15) is 0 Å². The van der Waals surface area contributed by atoms with E-state index in [1.807, 2.05) is 56.6 Å². The first kappa shape index (κ1) is 19.9. The van der Waals surface area contributed by atoms with E-state index in [1.54, 1.807) is 7.11 Å². The van der Waals surface area contributed by atoms with Crippen molar-refractivity contribution in [2.75, 3.05) is 27.3 Å². The molecule has 5 heteroatoms. The summed E-state index contributed by atoms with van der Waals surface area (Å²) >= 11 is 3.52. The minimum atomic E-state index is 0.269. The molecule has 0 aliphatic heterocycles. The first-order valence-electron chi connectivity index (χ1n) is 8.34. The molecule has 0 saturated heterocycles. The second-order valence-corrected chi connectivity index (χ2v) is 6.51. The van der Waals surface area contributed by atoms with Gasteiger partial charge in [-0.1, -0.05) is 11.8 Å². The highest BCUT2D eigenvalue weighted by Gasteiger charge is 2.06. The Morgan fingerprint density at radius 1 is 1.27 bits per heavy atom. The SMILES string of the molecule is CCN(C)C=Cc1cc(Br)c(OCC#Cc2ccc(OC)cc2)nc1C. The molecule has 1 heterocycles. The van der Waals surface area contributed by atoms with Crippen LogP contribution >= 0.6 is 15.9 Å². The van der Waals surface area contributed by atoms with Gasteiger partial charge in [-0.05, 0) is 77.9 Å². The molecule has 1 aromatic carbocycles. The molecule has 2 aromatic rings. The summed E-state index contributed by atoms with van der Waals surface area (Å²) in [5.74, 6) is 7.43. The smallest absolute Gasteiger partial charge is 0.229 e. The highest BCUT2D eigenvalue weighted by Crippen LogP contribution is 2.26. The normalized spacial score (nSPS) is 10.3. The summed E-state index contributed by atoms with van der Waals surface area (Å²) in [7, 11) is 3.68. The maximum absolute atomic E-state index is 5.70. The standard InChI is InChI=1S/C21H23BrN2O2/c1-5-24(3)13-12-18-15-20(22)21(23-16(18)2)26-14-6-7-17-8-10-19(25-4)11-9-17/h8-13,15H,5,14H2,1-4H3. The van der Waals surface area contributed by atoms with Crippen LogP contribution in [-0.2, 0) is 0 Å². The van der Waals surface area contributed by atoms with Crippen molar-refractivity contribution < 1.29 is 9.47 Å². The van der Waals surface area contributed by atoms with E-state index in [0.717, 1.165) is 33.6 Å². The lowest BCUT2D eigenvalue weighted by Gasteiger charge is -2.11. The Labute approximate surface area is 164 Å². The van der Waals surface area contributed by atoms with Gasteiger partial charge in [-0.3, -0.25) is 0 Å². The fourth-order valence-corrected chi connectivity index (χ4v) is 2.52. The minimum Gasteiger partial charge on any atom is -0.497 e. The van der Waals surface area contributed by atoms with E-state index < -0.39 is 0 Å². The number of rotatable bonds is 6. The molecule has 0 spiro atoms. The lowest BCUT2D eigenvalue weighted by molar-refractivity contribution is 0.352. The summed E-state index contributed by atoms with van der Waals surface area (Å²) in [4.78, 5) is 6.62. The van der Waals surface area contributed by atoms with Crippen LogP contribution in [-0.4, -0.2) is 37.2 Å². The predicted octanol–water partition coefficient (Wildman–Crippen LogP) is 4.51. The van der Waals surface area contributed by atoms with Crippen molar-refractivity contribution >= 4 is 22.0 Å². The summed E-state index contributed by atoms with van der Waals surface area (Å²) in [6.45, 7) is 5.30. The maximum Gasteiger partial charge on any atom is 0.229 e. The number of aryl methyl sites for hydroxylation is 1. The molecule has 0 amide bonds. The van der Waals surface area contributed by atoms with Crippen LogP contribution < -0.4 is 9.47 Å². The van der Waals surface area contributed by atoms with Gasteiger partial charge in [0.1, 0.15) is 5.75 Å². The maximum atomic E-state index is 5.70. The molecule has 136 valence electrons. The molecule has 0 saturated carbocycles. The van der Waals surface area contributed by atoms with Crippen LogP contribution in [0.2, 0.25) is 0 Å². The molecule has 0 N–H and O–H groups in total. The van der Waals surface area contributed by atoms with Gasteiger partial charge in [0.15, 0.2) is 6.61 Å². The van der Waals surface area contributed by atoms with Crippen molar-refractivity contribution in [1.29, 1.82) is 0 Å². The Morgan fingerprint density at radius 2 is 2.00 bits per heavy atom. The molecule has 0 bridgehead atoms. The van der Waals surface area contributed by atoms with Crippen molar-refractivity contribution in [2.24, 2.45) is 0 Å². The van der Waals surface area contributed by atoms with Gasteiger partial charge in [-0.2, -0.15) is 0 Å². The van der Waals surface area contributed by atoms with Crippen molar-refractivity contribution in [3.63, 3.8) is 0 Å². The predicted molar refractivity (Wildman–Crippen MR) is 109 cm³/mol. The van der Waals surface area contributed by atoms with Gasteiger partial charge < -0.3 is 14.4 Å². The average Bonchev–Trinajstić information content (AvgIpc) is 2.66. The van der Waals surface area contributed by atoms with E-state index >= 15 is 0 Å². The van der Waals surface area contributed by atoms with Crippen LogP contribution in [0.3, 0.4) is 0 Å². The molecule has 1 aromatic heterocycles. The third-order valence-electron chi connectivity index (χ3n) is 3.78. The van der Waals surface area contributed by atoms with Crippen molar-refractivity contribution in [3.05, 3.63) is 57.8 Å². The van der Waals surface area contributed by atoms with Gasteiger partial charge >= 0.3 is 0 Å². The number of nitrogens with zero attached hydrogens (tertiary/aromatic N) is 2. The zero-order chi connectivity index (χ0) is 18.9. The van der Waals surface area contributed by atoms with Crippen molar-refractivity contribution in [2.45, 2.75) is 13.8 Å². The fourth-order valence-electron chi connectivity index (χ4n) is 2.07. The van der Waals surface area contributed by atoms with Crippen LogP contribution in [0.1, 0.15) is 23.7 Å². The van der Waals surface area contributed by atoms with E-state index in [1.165, 1.54) is 0 Å². The number of pyridine rings is 1. The second kappa shape index (κ2) is 9.88. The Balaban J connectivity index is 2.00. The first-order chi connectivity index (χ1) is 12.5. The topological polar surface area (TPSA) is 34.6 Å². The van der Waals surface area contributed by atoms with Crippen molar-refractivity contribution in [3.8, 4) is 23.5 Å². The Kier molecular flexibility index (Phi) is 7.55. The number of methoxy groups -OCH3 is 1. The van der Waals surface area contributed by atoms with E-state index in [-0.39, 0.29) is 6.61 Å². The molecule has 2 rings (SSSR count). The number of halogens is 1. The number of aromatic nitrogens is 1. The Bertz CT molecular complexity index is 820. The lowest BCUT2D eigenvalue weighted by Crippen LogP contribution is -2.08. The van der Waals surface area contributed by atoms with Crippen LogP contribution in [0.5, 0.6) is 11.6 Å². The van der Waals surface area contributed by atoms with Crippen LogP contribution in [0.4, 0.5) is 0 Å². The molecule has 4 nitrogen and oxygen atoms in total. The van der Waals surface area contributed by atoms with Crippen molar-refractivity contribution in [1.82, 2.24) is 9.88 Å². The molecule has 0 radical (unpaired) electrons. The monoisotopic (exact) mass is 414 g/mol. The largest absolute Gasteiger partial charge is 0.497 e. The zero-order valence-corrected chi connectivity index (χ0v) is 17.1. The molecule has 0 aliphatic carbocycles. The first-order valence-corrected chi connectivity index (χ1v) is 9.14. The van der Waals surface area contributed by atoms with Gasteiger partial charge in [0.05, 0.1) is 11.6 Å². The van der Waals surface area contributed by atoms with Gasteiger partial charge in [0.25, 0.3) is 0 Å². The van der Waals surface area contributed by atoms with E-state index in [0.29, 0.717) is 5.88 Å². The summed E-state index contributed by atoms with van der Waals surface area (Å²) < 4.78 is 11.6. The third-order valence-corrected chi connectivity index (χ3v) is 4.35.